The Morgan fingerprint density at radius 3 is 2.50 bits per heavy atom. The molecule has 0 bridgehead atoms. The molecule has 1 saturated carbocycles. The normalized spacial score (nSPS) is 23.2. The number of halogens is 1. The van der Waals surface area contributed by atoms with Gasteiger partial charge in [0.25, 0.3) is 10.1 Å². The van der Waals surface area contributed by atoms with E-state index in [2.05, 4.69) is 0 Å². The van der Waals surface area contributed by atoms with E-state index in [0.717, 1.165) is 56.9 Å². The zero-order valence-corrected chi connectivity index (χ0v) is 16.7. The number of piperidine rings is 1. The van der Waals surface area contributed by atoms with Crippen LogP contribution in [0.3, 0.4) is 0 Å². The Labute approximate surface area is 160 Å². The lowest BCUT2D eigenvalue weighted by Gasteiger charge is -2.39. The summed E-state index contributed by atoms with van der Waals surface area (Å²) in [5.74, 6) is 0.229. The number of amides is 1. The number of hydrogen-bond acceptors (Lipinski definition) is 4. The van der Waals surface area contributed by atoms with Crippen LogP contribution in [-0.4, -0.2) is 45.2 Å². The minimum atomic E-state index is -3.45. The maximum atomic E-state index is 13.5. The highest BCUT2D eigenvalue weighted by atomic mass is 35.5. The molecule has 26 heavy (non-hydrogen) atoms. The lowest BCUT2D eigenvalue weighted by molar-refractivity contribution is -0.139. The molecule has 7 heteroatoms. The van der Waals surface area contributed by atoms with Crippen molar-refractivity contribution in [2.45, 2.75) is 43.9 Å². The summed E-state index contributed by atoms with van der Waals surface area (Å²) in [6.07, 6.45) is 6.62. The van der Waals surface area contributed by atoms with Crippen LogP contribution in [0.5, 0.6) is 0 Å². The van der Waals surface area contributed by atoms with Gasteiger partial charge in [-0.25, -0.2) is 0 Å². The van der Waals surface area contributed by atoms with E-state index in [9.17, 15) is 13.2 Å². The molecular formula is C19H26ClNO4S. The third kappa shape index (κ3) is 4.41. The molecule has 1 aromatic rings. The Bertz CT molecular complexity index is 741. The number of carbonyl (C=O) groups is 1. The van der Waals surface area contributed by atoms with Gasteiger partial charge in [0.05, 0.1) is 18.3 Å². The Morgan fingerprint density at radius 2 is 1.88 bits per heavy atom. The fourth-order valence-electron chi connectivity index (χ4n) is 4.28. The number of nitrogens with zero attached hydrogens (tertiary/aromatic N) is 1. The quantitative estimate of drug-likeness (QED) is 0.712. The van der Waals surface area contributed by atoms with E-state index >= 15 is 0 Å². The van der Waals surface area contributed by atoms with Crippen molar-refractivity contribution in [2.24, 2.45) is 5.92 Å². The first-order chi connectivity index (χ1) is 12.3. The van der Waals surface area contributed by atoms with Crippen LogP contribution in [0.25, 0.3) is 0 Å². The molecule has 0 radical (unpaired) electrons. The first kappa shape index (κ1) is 19.6. The van der Waals surface area contributed by atoms with Gasteiger partial charge in [-0.3, -0.25) is 8.98 Å². The Kier molecular flexibility index (Phi) is 5.94. The summed E-state index contributed by atoms with van der Waals surface area (Å²) in [5, 5.41) is 0.672. The molecule has 1 amide bonds. The predicted molar refractivity (Wildman–Crippen MR) is 102 cm³/mol. The average Bonchev–Trinajstić information content (AvgIpc) is 3.10. The van der Waals surface area contributed by atoms with Crippen molar-refractivity contribution in [2.75, 3.05) is 26.0 Å². The molecule has 1 aromatic carbocycles. The first-order valence-corrected chi connectivity index (χ1v) is 11.4. The number of carbonyl (C=O) groups excluding carboxylic acids is 1. The van der Waals surface area contributed by atoms with Gasteiger partial charge >= 0.3 is 0 Å². The summed E-state index contributed by atoms with van der Waals surface area (Å²) in [6.45, 7) is 1.43. The zero-order chi connectivity index (χ0) is 18.8. The van der Waals surface area contributed by atoms with Crippen molar-refractivity contribution < 1.29 is 17.4 Å². The second kappa shape index (κ2) is 7.87. The molecule has 5 nitrogen and oxygen atoms in total. The molecule has 1 atom stereocenters. The van der Waals surface area contributed by atoms with Gasteiger partial charge in [0.1, 0.15) is 0 Å². The summed E-state index contributed by atoms with van der Waals surface area (Å²) in [5.41, 5.74) is 0.573. The van der Waals surface area contributed by atoms with Gasteiger partial charge in [-0.1, -0.05) is 36.6 Å². The second-order valence-corrected chi connectivity index (χ2v) is 9.62. The SMILES string of the molecule is CS(=O)(=O)OCC1CCCN(C(=O)C2(c3ccc(Cl)cc3)CCCC2)C1. The van der Waals surface area contributed by atoms with Crippen molar-refractivity contribution in [3.05, 3.63) is 34.9 Å². The lowest BCUT2D eigenvalue weighted by atomic mass is 9.77. The van der Waals surface area contributed by atoms with Gasteiger partial charge in [0.15, 0.2) is 0 Å². The summed E-state index contributed by atoms with van der Waals surface area (Å²) in [4.78, 5) is 15.4. The molecule has 1 heterocycles. The molecule has 1 saturated heterocycles. The van der Waals surface area contributed by atoms with Crippen LogP contribution < -0.4 is 0 Å². The van der Waals surface area contributed by atoms with E-state index in [-0.39, 0.29) is 18.4 Å². The fourth-order valence-corrected chi connectivity index (χ4v) is 4.85. The molecule has 0 spiro atoms. The predicted octanol–water partition coefficient (Wildman–Crippen LogP) is 3.37. The first-order valence-electron chi connectivity index (χ1n) is 9.20. The van der Waals surface area contributed by atoms with Gasteiger partial charge in [-0.2, -0.15) is 8.42 Å². The van der Waals surface area contributed by atoms with Crippen LogP contribution in [0.2, 0.25) is 5.02 Å². The molecule has 1 unspecified atom stereocenters. The number of likely N-dealkylation sites (tertiary alicyclic amines) is 1. The molecular weight excluding hydrogens is 374 g/mol. The molecule has 2 aliphatic rings. The van der Waals surface area contributed by atoms with Crippen molar-refractivity contribution in [1.82, 2.24) is 4.90 Å². The monoisotopic (exact) mass is 399 g/mol. The molecule has 2 fully saturated rings. The van der Waals surface area contributed by atoms with Gasteiger partial charge in [0, 0.05) is 24.0 Å². The van der Waals surface area contributed by atoms with E-state index in [4.69, 9.17) is 15.8 Å². The maximum absolute atomic E-state index is 13.5. The van der Waals surface area contributed by atoms with Crippen LogP contribution in [0.1, 0.15) is 44.1 Å². The summed E-state index contributed by atoms with van der Waals surface area (Å²) in [7, 11) is -3.45. The summed E-state index contributed by atoms with van der Waals surface area (Å²) < 4.78 is 27.5. The van der Waals surface area contributed by atoms with Crippen LogP contribution in [-0.2, 0) is 24.5 Å². The van der Waals surface area contributed by atoms with Gasteiger partial charge in [0.2, 0.25) is 5.91 Å². The fraction of sp³-hybridized carbons (Fsp3) is 0.632. The highest BCUT2D eigenvalue weighted by Gasteiger charge is 2.45. The minimum absolute atomic E-state index is 0.0612. The van der Waals surface area contributed by atoms with Crippen molar-refractivity contribution in [1.29, 1.82) is 0 Å². The molecule has 144 valence electrons. The number of rotatable bonds is 5. The molecule has 3 rings (SSSR count). The van der Waals surface area contributed by atoms with E-state index < -0.39 is 15.5 Å². The van der Waals surface area contributed by atoms with Crippen LogP contribution in [0.15, 0.2) is 24.3 Å². The van der Waals surface area contributed by atoms with Gasteiger partial charge in [-0.05, 0) is 43.4 Å². The Balaban J connectivity index is 1.76. The van der Waals surface area contributed by atoms with E-state index in [0.29, 0.717) is 11.6 Å². The van der Waals surface area contributed by atoms with Crippen LogP contribution in [0, 0.1) is 5.92 Å². The maximum Gasteiger partial charge on any atom is 0.264 e. The summed E-state index contributed by atoms with van der Waals surface area (Å²) in [6, 6.07) is 7.64. The average molecular weight is 400 g/mol. The van der Waals surface area contributed by atoms with Crippen LogP contribution in [0.4, 0.5) is 0 Å². The number of hydrogen-bond donors (Lipinski definition) is 0. The van der Waals surface area contributed by atoms with Crippen LogP contribution >= 0.6 is 11.6 Å². The third-order valence-corrected chi connectivity index (χ3v) is 6.40. The van der Waals surface area contributed by atoms with Gasteiger partial charge < -0.3 is 4.90 Å². The Morgan fingerprint density at radius 1 is 1.23 bits per heavy atom. The smallest absolute Gasteiger partial charge is 0.264 e. The molecule has 0 N–H and O–H groups in total. The van der Waals surface area contributed by atoms with Crippen molar-refractivity contribution in [3.63, 3.8) is 0 Å². The molecule has 1 aliphatic heterocycles. The summed E-state index contributed by atoms with van der Waals surface area (Å²) >= 11 is 6.02. The topological polar surface area (TPSA) is 63.7 Å². The highest BCUT2D eigenvalue weighted by molar-refractivity contribution is 7.85. The minimum Gasteiger partial charge on any atom is -0.342 e. The lowest BCUT2D eigenvalue weighted by Crippen LogP contribution is -2.50. The van der Waals surface area contributed by atoms with E-state index in [1.807, 2.05) is 29.2 Å². The van der Waals surface area contributed by atoms with Crippen molar-refractivity contribution in [3.8, 4) is 0 Å². The van der Waals surface area contributed by atoms with Gasteiger partial charge in [-0.15, -0.1) is 0 Å². The molecule has 1 aliphatic carbocycles. The second-order valence-electron chi connectivity index (χ2n) is 7.54. The zero-order valence-electron chi connectivity index (χ0n) is 15.1. The highest BCUT2D eigenvalue weighted by Crippen LogP contribution is 2.43. The third-order valence-electron chi connectivity index (χ3n) is 5.59. The van der Waals surface area contributed by atoms with E-state index in [1.165, 1.54) is 0 Å². The largest absolute Gasteiger partial charge is 0.342 e. The number of benzene rings is 1. The standard InChI is InChI=1S/C19H26ClNO4S/c1-26(23,24)25-14-15-5-4-12-21(13-15)18(22)19(10-2-3-11-19)16-6-8-17(20)9-7-16/h6-9,15H,2-5,10-14H2,1H3. The molecule has 0 aromatic heterocycles. The van der Waals surface area contributed by atoms with Crippen molar-refractivity contribution >= 4 is 27.6 Å². The Hall–Kier alpha value is -1.11. The van der Waals surface area contributed by atoms with E-state index in [1.54, 1.807) is 0 Å².